The summed E-state index contributed by atoms with van der Waals surface area (Å²) in [7, 11) is 0. The van der Waals surface area contributed by atoms with E-state index in [-0.39, 0.29) is 0 Å². The molecule has 1 saturated heterocycles. The van der Waals surface area contributed by atoms with Crippen molar-refractivity contribution < 1.29 is 4.74 Å². The first-order valence-corrected chi connectivity index (χ1v) is 4.07. The number of hydrogen-bond donors (Lipinski definition) is 0. The van der Waals surface area contributed by atoms with Gasteiger partial charge in [-0.1, -0.05) is 0 Å². The van der Waals surface area contributed by atoms with Gasteiger partial charge in [-0.3, -0.25) is 0 Å². The van der Waals surface area contributed by atoms with Crippen LogP contribution in [0, 0.1) is 17.8 Å². The molecular formula is C8H12O. The molecule has 2 bridgehead atoms. The number of ether oxygens (including phenoxy) is 1. The van der Waals surface area contributed by atoms with Crippen molar-refractivity contribution >= 4 is 0 Å². The highest BCUT2D eigenvalue weighted by molar-refractivity contribution is 5.01. The molecule has 1 nitrogen and oxygen atoms in total. The first kappa shape index (κ1) is 4.73. The summed E-state index contributed by atoms with van der Waals surface area (Å²) in [5.41, 5.74) is 0. The largest absolute Gasteiger partial charge is 0.377 e. The normalized spacial score (nSPS) is 61.3. The molecule has 2 aliphatic carbocycles. The second-order valence-electron chi connectivity index (χ2n) is 3.80. The molecule has 0 aromatic carbocycles. The second kappa shape index (κ2) is 1.34. The topological polar surface area (TPSA) is 9.23 Å². The molecule has 3 rings (SSSR count). The van der Waals surface area contributed by atoms with E-state index in [1.54, 1.807) is 0 Å². The molecule has 2 saturated carbocycles. The predicted octanol–water partition coefficient (Wildman–Crippen LogP) is 1.43. The van der Waals surface area contributed by atoms with Crippen LogP contribution in [0.4, 0.5) is 0 Å². The van der Waals surface area contributed by atoms with Crippen LogP contribution in [-0.2, 0) is 4.74 Å². The maximum absolute atomic E-state index is 5.49. The van der Waals surface area contributed by atoms with Gasteiger partial charge in [0.1, 0.15) is 0 Å². The van der Waals surface area contributed by atoms with Gasteiger partial charge in [-0.05, 0) is 31.1 Å². The Morgan fingerprint density at radius 3 is 2.44 bits per heavy atom. The Bertz CT molecular complexity index is 124. The van der Waals surface area contributed by atoms with Crippen molar-refractivity contribution in [3.63, 3.8) is 0 Å². The molecule has 0 aromatic rings. The van der Waals surface area contributed by atoms with Crippen molar-refractivity contribution in [1.82, 2.24) is 0 Å². The van der Waals surface area contributed by atoms with E-state index in [9.17, 15) is 0 Å². The molecule has 1 aliphatic heterocycles. The molecule has 0 aromatic heterocycles. The van der Waals surface area contributed by atoms with Crippen molar-refractivity contribution in [2.24, 2.45) is 17.8 Å². The molecule has 0 N–H and O–H groups in total. The van der Waals surface area contributed by atoms with Crippen molar-refractivity contribution in [3.05, 3.63) is 0 Å². The first-order valence-electron chi connectivity index (χ1n) is 4.07. The minimum Gasteiger partial charge on any atom is -0.377 e. The van der Waals surface area contributed by atoms with E-state index in [1.807, 2.05) is 0 Å². The summed E-state index contributed by atoms with van der Waals surface area (Å²) in [5.74, 6) is 3.06. The van der Waals surface area contributed by atoms with Gasteiger partial charge in [0.25, 0.3) is 0 Å². The quantitative estimate of drug-likeness (QED) is 0.474. The number of fused-ring (bicyclic) bond motifs is 5. The van der Waals surface area contributed by atoms with E-state index in [1.165, 1.54) is 19.3 Å². The van der Waals surface area contributed by atoms with Gasteiger partial charge < -0.3 is 4.74 Å². The molecule has 50 valence electrons. The Balaban J connectivity index is 1.94. The van der Waals surface area contributed by atoms with Gasteiger partial charge in [-0.15, -0.1) is 0 Å². The third-order valence-corrected chi connectivity index (χ3v) is 3.49. The monoisotopic (exact) mass is 124 g/mol. The van der Waals surface area contributed by atoms with Crippen molar-refractivity contribution in [1.29, 1.82) is 0 Å². The highest BCUT2D eigenvalue weighted by atomic mass is 16.5. The Hall–Kier alpha value is -0.0400. The Labute approximate surface area is 55.4 Å². The van der Waals surface area contributed by atoms with E-state index >= 15 is 0 Å². The molecule has 0 spiro atoms. The van der Waals surface area contributed by atoms with Gasteiger partial charge in [0.15, 0.2) is 0 Å². The van der Waals surface area contributed by atoms with Gasteiger partial charge in [0.2, 0.25) is 0 Å². The summed E-state index contributed by atoms with van der Waals surface area (Å²) in [5, 5.41) is 0. The van der Waals surface area contributed by atoms with E-state index in [2.05, 4.69) is 0 Å². The molecule has 0 radical (unpaired) electrons. The maximum atomic E-state index is 5.49. The highest BCUT2D eigenvalue weighted by Crippen LogP contribution is 2.54. The number of rotatable bonds is 0. The van der Waals surface area contributed by atoms with Crippen molar-refractivity contribution in [3.8, 4) is 0 Å². The van der Waals surface area contributed by atoms with E-state index in [0.29, 0.717) is 0 Å². The zero-order valence-electron chi connectivity index (χ0n) is 5.55. The number of hydrogen-bond acceptors (Lipinski definition) is 1. The first-order chi connectivity index (χ1) is 4.45. The third kappa shape index (κ3) is 0.420. The molecule has 1 heterocycles. The van der Waals surface area contributed by atoms with Crippen LogP contribution in [0.25, 0.3) is 0 Å². The lowest BCUT2D eigenvalue weighted by molar-refractivity contribution is -0.139. The van der Waals surface area contributed by atoms with Crippen LogP contribution in [0.5, 0.6) is 0 Å². The van der Waals surface area contributed by atoms with Gasteiger partial charge in [-0.25, -0.2) is 0 Å². The fraction of sp³-hybridized carbons (Fsp3) is 1.00. The SMILES string of the molecule is C1CC2CC1C1COC21. The van der Waals surface area contributed by atoms with Crippen LogP contribution in [0.3, 0.4) is 0 Å². The highest BCUT2D eigenvalue weighted by Gasteiger charge is 2.53. The smallest absolute Gasteiger partial charge is 0.0656 e. The van der Waals surface area contributed by atoms with Gasteiger partial charge >= 0.3 is 0 Å². The summed E-state index contributed by atoms with van der Waals surface area (Å²) in [6.45, 7) is 1.09. The average Bonchev–Trinajstić information content (AvgIpc) is 2.18. The molecular weight excluding hydrogens is 112 g/mol. The minimum atomic E-state index is 0.726. The molecule has 9 heavy (non-hydrogen) atoms. The standard InChI is InChI=1S/C8H12O/c1-2-6-3-5(1)7-4-9-8(6)7/h5-8H,1-4H2. The lowest BCUT2D eigenvalue weighted by atomic mass is 9.83. The molecule has 0 amide bonds. The van der Waals surface area contributed by atoms with Crippen LogP contribution in [-0.4, -0.2) is 12.7 Å². The van der Waals surface area contributed by atoms with Crippen LogP contribution in [0.2, 0.25) is 0 Å². The molecule has 3 fully saturated rings. The zero-order chi connectivity index (χ0) is 5.84. The van der Waals surface area contributed by atoms with Crippen LogP contribution in [0.1, 0.15) is 19.3 Å². The van der Waals surface area contributed by atoms with E-state index < -0.39 is 0 Å². The minimum absolute atomic E-state index is 0.726. The van der Waals surface area contributed by atoms with Crippen molar-refractivity contribution in [2.45, 2.75) is 25.4 Å². The zero-order valence-corrected chi connectivity index (χ0v) is 5.55. The summed E-state index contributed by atoms with van der Waals surface area (Å²) < 4.78 is 5.49. The summed E-state index contributed by atoms with van der Waals surface area (Å²) >= 11 is 0. The summed E-state index contributed by atoms with van der Waals surface area (Å²) in [4.78, 5) is 0. The summed E-state index contributed by atoms with van der Waals surface area (Å²) in [6.07, 6.45) is 5.19. The predicted molar refractivity (Wildman–Crippen MR) is 34.1 cm³/mol. The Kier molecular flexibility index (Phi) is 0.704. The Morgan fingerprint density at radius 1 is 1.11 bits per heavy atom. The van der Waals surface area contributed by atoms with Gasteiger partial charge in [-0.2, -0.15) is 0 Å². The van der Waals surface area contributed by atoms with Crippen LogP contribution >= 0.6 is 0 Å². The van der Waals surface area contributed by atoms with Gasteiger partial charge in [0, 0.05) is 5.92 Å². The van der Waals surface area contributed by atoms with Crippen LogP contribution in [0.15, 0.2) is 0 Å². The molecule has 1 heteroatoms. The molecule has 3 aliphatic rings. The fourth-order valence-electron chi connectivity index (χ4n) is 2.95. The van der Waals surface area contributed by atoms with E-state index in [4.69, 9.17) is 4.74 Å². The third-order valence-electron chi connectivity index (χ3n) is 3.49. The van der Waals surface area contributed by atoms with Gasteiger partial charge in [0.05, 0.1) is 12.7 Å². The van der Waals surface area contributed by atoms with Crippen molar-refractivity contribution in [2.75, 3.05) is 6.61 Å². The average molecular weight is 124 g/mol. The summed E-state index contributed by atoms with van der Waals surface area (Å²) in [6, 6.07) is 0. The lowest BCUT2D eigenvalue weighted by Gasteiger charge is -2.39. The fourth-order valence-corrected chi connectivity index (χ4v) is 2.95. The van der Waals surface area contributed by atoms with E-state index in [0.717, 1.165) is 30.5 Å². The lowest BCUT2D eigenvalue weighted by Crippen LogP contribution is -2.43. The maximum Gasteiger partial charge on any atom is 0.0656 e. The molecule has 4 unspecified atom stereocenters. The molecule has 4 atom stereocenters. The Morgan fingerprint density at radius 2 is 2.00 bits per heavy atom. The van der Waals surface area contributed by atoms with Crippen LogP contribution < -0.4 is 0 Å². The second-order valence-corrected chi connectivity index (χ2v) is 3.80.